The molecule has 2 unspecified atom stereocenters. The van der Waals surface area contributed by atoms with Crippen molar-refractivity contribution in [1.29, 1.82) is 0 Å². The summed E-state index contributed by atoms with van der Waals surface area (Å²) in [6.45, 7) is 4.43. The van der Waals surface area contributed by atoms with E-state index in [-0.39, 0.29) is 18.5 Å². The quantitative estimate of drug-likeness (QED) is 0.783. The summed E-state index contributed by atoms with van der Waals surface area (Å²) in [5, 5.41) is 13.1. The molecule has 3 aliphatic heterocycles. The van der Waals surface area contributed by atoms with Crippen LogP contribution in [0.4, 0.5) is 0 Å². The smallest absolute Gasteiger partial charge is 0.223 e. The molecule has 3 heterocycles. The molecular weight excluding hydrogens is 278 g/mol. The van der Waals surface area contributed by atoms with E-state index in [0.717, 1.165) is 45.6 Å². The van der Waals surface area contributed by atoms with Gasteiger partial charge in [-0.3, -0.25) is 9.69 Å². The Morgan fingerprint density at radius 1 is 1.15 bits per heavy atom. The summed E-state index contributed by atoms with van der Waals surface area (Å²) in [5.41, 5.74) is 0. The predicted octanol–water partition coefficient (Wildman–Crippen LogP) is 0.218. The van der Waals surface area contributed by atoms with Gasteiger partial charge in [-0.2, -0.15) is 0 Å². The third-order valence-electron chi connectivity index (χ3n) is 4.91. The summed E-state index contributed by atoms with van der Waals surface area (Å²) in [5.74, 6) is 0.298. The van der Waals surface area contributed by atoms with Gasteiger partial charge in [-0.1, -0.05) is 0 Å². The van der Waals surface area contributed by atoms with Crippen LogP contribution in [0, 0.1) is 0 Å². The Labute approximate surface area is 127 Å². The van der Waals surface area contributed by atoms with Gasteiger partial charge in [0.05, 0.1) is 6.10 Å². The molecule has 2 atom stereocenters. The summed E-state index contributed by atoms with van der Waals surface area (Å²) >= 11 is 0. The Morgan fingerprint density at radius 3 is 2.35 bits per heavy atom. The highest BCUT2D eigenvalue weighted by molar-refractivity contribution is 5.85. The van der Waals surface area contributed by atoms with Crippen LogP contribution in [0.1, 0.15) is 32.1 Å². The Bertz CT molecular complexity index is 322. The molecule has 3 rings (SSSR count). The number of hydrogen-bond acceptors (Lipinski definition) is 4. The second-order valence-corrected chi connectivity index (χ2v) is 6.13. The van der Waals surface area contributed by atoms with Crippen LogP contribution in [0.3, 0.4) is 0 Å². The van der Waals surface area contributed by atoms with Gasteiger partial charge in [0.15, 0.2) is 0 Å². The van der Waals surface area contributed by atoms with Gasteiger partial charge in [-0.25, -0.2) is 0 Å². The third-order valence-corrected chi connectivity index (χ3v) is 4.91. The highest BCUT2D eigenvalue weighted by atomic mass is 35.5. The fourth-order valence-corrected chi connectivity index (χ4v) is 3.91. The van der Waals surface area contributed by atoms with Crippen molar-refractivity contribution < 1.29 is 9.90 Å². The number of piperazine rings is 1. The molecule has 3 fully saturated rings. The van der Waals surface area contributed by atoms with Crippen molar-refractivity contribution in [2.75, 3.05) is 32.7 Å². The van der Waals surface area contributed by atoms with E-state index in [1.54, 1.807) is 0 Å². The Balaban J connectivity index is 0.00000147. The Kier molecular flexibility index (Phi) is 5.66. The number of piperidine rings is 1. The number of halogens is 1. The zero-order valence-corrected chi connectivity index (χ0v) is 12.8. The van der Waals surface area contributed by atoms with E-state index in [0.29, 0.717) is 24.4 Å². The number of nitrogens with zero attached hydrogens (tertiary/aromatic N) is 2. The second kappa shape index (κ2) is 7.07. The molecule has 0 aromatic rings. The second-order valence-electron chi connectivity index (χ2n) is 6.13. The zero-order chi connectivity index (χ0) is 13.2. The number of amides is 1. The lowest BCUT2D eigenvalue weighted by atomic mass is 9.99. The number of hydrogen-bond donors (Lipinski definition) is 2. The molecule has 3 saturated heterocycles. The van der Waals surface area contributed by atoms with Crippen molar-refractivity contribution in [3.8, 4) is 0 Å². The van der Waals surface area contributed by atoms with Crippen molar-refractivity contribution >= 4 is 18.3 Å². The van der Waals surface area contributed by atoms with E-state index in [1.807, 2.05) is 4.90 Å². The molecule has 0 aromatic heterocycles. The SMILES string of the molecule is Cl.O=C(CCN1C2CCC1CC(O)C2)N1CCNCC1. The fraction of sp³-hybridized carbons (Fsp3) is 0.929. The van der Waals surface area contributed by atoms with Gasteiger partial charge < -0.3 is 15.3 Å². The van der Waals surface area contributed by atoms with Gasteiger partial charge in [0.1, 0.15) is 0 Å². The molecule has 3 aliphatic rings. The molecule has 5 nitrogen and oxygen atoms in total. The molecule has 20 heavy (non-hydrogen) atoms. The van der Waals surface area contributed by atoms with Gasteiger partial charge in [0.25, 0.3) is 0 Å². The normalized spacial score (nSPS) is 33.9. The number of aliphatic hydroxyl groups excluding tert-OH is 1. The maximum absolute atomic E-state index is 12.2. The predicted molar refractivity (Wildman–Crippen MR) is 80.1 cm³/mol. The summed E-state index contributed by atoms with van der Waals surface area (Å²) < 4.78 is 0. The largest absolute Gasteiger partial charge is 0.393 e. The van der Waals surface area contributed by atoms with E-state index >= 15 is 0 Å². The molecule has 116 valence electrons. The van der Waals surface area contributed by atoms with Crippen molar-refractivity contribution in [3.05, 3.63) is 0 Å². The van der Waals surface area contributed by atoms with Gasteiger partial charge in [0.2, 0.25) is 5.91 Å². The molecule has 2 N–H and O–H groups in total. The average Bonchev–Trinajstić information content (AvgIpc) is 2.67. The van der Waals surface area contributed by atoms with E-state index < -0.39 is 0 Å². The number of carbonyl (C=O) groups excluding carboxylic acids is 1. The van der Waals surface area contributed by atoms with Crippen LogP contribution in [-0.2, 0) is 4.79 Å². The van der Waals surface area contributed by atoms with E-state index in [9.17, 15) is 9.90 Å². The molecule has 0 aromatic carbocycles. The van der Waals surface area contributed by atoms with E-state index in [2.05, 4.69) is 10.2 Å². The first kappa shape index (κ1) is 16.0. The highest BCUT2D eigenvalue weighted by Gasteiger charge is 2.39. The van der Waals surface area contributed by atoms with Crippen molar-refractivity contribution in [2.24, 2.45) is 0 Å². The monoisotopic (exact) mass is 303 g/mol. The average molecular weight is 304 g/mol. The summed E-state index contributed by atoms with van der Waals surface area (Å²) in [6.07, 6.45) is 4.73. The number of carbonyl (C=O) groups is 1. The first-order chi connectivity index (χ1) is 9.24. The van der Waals surface area contributed by atoms with Gasteiger partial charge >= 0.3 is 0 Å². The molecule has 0 saturated carbocycles. The summed E-state index contributed by atoms with van der Waals surface area (Å²) in [4.78, 5) is 16.6. The first-order valence-corrected chi connectivity index (χ1v) is 7.66. The fourth-order valence-electron chi connectivity index (χ4n) is 3.91. The highest BCUT2D eigenvalue weighted by Crippen LogP contribution is 2.35. The zero-order valence-electron chi connectivity index (χ0n) is 12.0. The summed E-state index contributed by atoms with van der Waals surface area (Å²) in [6, 6.07) is 1.04. The van der Waals surface area contributed by atoms with Crippen LogP contribution in [0.15, 0.2) is 0 Å². The molecular formula is C14H26ClN3O2. The lowest BCUT2D eigenvalue weighted by Gasteiger charge is -2.37. The van der Waals surface area contributed by atoms with Gasteiger partial charge in [-0.05, 0) is 25.7 Å². The standard InChI is InChI=1S/C14H25N3O2.ClH/c18-13-9-11-1-2-12(10-13)17(11)6-3-14(19)16-7-4-15-5-8-16;/h11-13,15,18H,1-10H2;1H. The third kappa shape index (κ3) is 3.45. The van der Waals surface area contributed by atoms with Crippen LogP contribution in [-0.4, -0.2) is 71.7 Å². The first-order valence-electron chi connectivity index (χ1n) is 7.66. The topological polar surface area (TPSA) is 55.8 Å². The van der Waals surface area contributed by atoms with Crippen LogP contribution < -0.4 is 5.32 Å². The van der Waals surface area contributed by atoms with E-state index in [1.165, 1.54) is 12.8 Å². The minimum atomic E-state index is -0.113. The number of nitrogens with one attached hydrogen (secondary N) is 1. The lowest BCUT2D eigenvalue weighted by Crippen LogP contribution is -2.49. The lowest BCUT2D eigenvalue weighted by molar-refractivity contribution is -0.132. The minimum Gasteiger partial charge on any atom is -0.393 e. The molecule has 2 bridgehead atoms. The van der Waals surface area contributed by atoms with Gasteiger partial charge in [-0.15, -0.1) is 12.4 Å². The Morgan fingerprint density at radius 2 is 1.75 bits per heavy atom. The van der Waals surface area contributed by atoms with Crippen LogP contribution >= 0.6 is 12.4 Å². The van der Waals surface area contributed by atoms with Crippen LogP contribution in [0.25, 0.3) is 0 Å². The molecule has 0 aliphatic carbocycles. The van der Waals surface area contributed by atoms with Gasteiger partial charge in [0, 0.05) is 51.2 Å². The Hall–Kier alpha value is -0.360. The molecule has 0 spiro atoms. The maximum Gasteiger partial charge on any atom is 0.223 e. The van der Waals surface area contributed by atoms with Crippen molar-refractivity contribution in [3.63, 3.8) is 0 Å². The van der Waals surface area contributed by atoms with Crippen molar-refractivity contribution in [1.82, 2.24) is 15.1 Å². The maximum atomic E-state index is 12.2. The number of rotatable bonds is 3. The number of fused-ring (bicyclic) bond motifs is 2. The molecule has 6 heteroatoms. The molecule has 1 amide bonds. The number of aliphatic hydroxyl groups is 1. The summed E-state index contributed by atoms with van der Waals surface area (Å²) in [7, 11) is 0. The molecule has 0 radical (unpaired) electrons. The van der Waals surface area contributed by atoms with E-state index in [4.69, 9.17) is 0 Å². The van der Waals surface area contributed by atoms with Crippen LogP contribution in [0.2, 0.25) is 0 Å². The van der Waals surface area contributed by atoms with Crippen molar-refractivity contribution in [2.45, 2.75) is 50.3 Å². The van der Waals surface area contributed by atoms with Crippen LogP contribution in [0.5, 0.6) is 0 Å². The minimum absolute atomic E-state index is 0.